The summed E-state index contributed by atoms with van der Waals surface area (Å²) in [6.45, 7) is 0.511. The number of nitrogens with one attached hydrogen (secondary N) is 2. The first-order chi connectivity index (χ1) is 13.7. The molecule has 0 saturated heterocycles. The van der Waals surface area contributed by atoms with Crippen LogP contribution in [0.2, 0.25) is 0 Å². The van der Waals surface area contributed by atoms with Gasteiger partial charge in [0.1, 0.15) is 5.69 Å². The third-order valence-electron chi connectivity index (χ3n) is 3.97. The van der Waals surface area contributed by atoms with Crippen LogP contribution in [0.4, 0.5) is 11.6 Å². The van der Waals surface area contributed by atoms with Gasteiger partial charge in [0, 0.05) is 18.4 Å². The maximum atomic E-state index is 12.3. The van der Waals surface area contributed by atoms with Crippen molar-refractivity contribution in [2.45, 2.75) is 6.42 Å². The summed E-state index contributed by atoms with van der Waals surface area (Å²) in [7, 11) is 1.32. The first-order valence-electron chi connectivity index (χ1n) is 8.76. The number of aromatic nitrogens is 2. The molecule has 1 amide bonds. The molecule has 0 saturated carbocycles. The Morgan fingerprint density at radius 1 is 1.04 bits per heavy atom. The predicted octanol–water partition coefficient (Wildman–Crippen LogP) is 2.98. The Morgan fingerprint density at radius 2 is 1.86 bits per heavy atom. The SMILES string of the molecule is COC(=O)c1cccc(Nc2nccc(C(=O)NCCc3ccccc3)n2)c1. The van der Waals surface area contributed by atoms with Crippen molar-refractivity contribution in [1.82, 2.24) is 15.3 Å². The third-order valence-corrected chi connectivity index (χ3v) is 3.97. The zero-order valence-electron chi connectivity index (χ0n) is 15.4. The minimum Gasteiger partial charge on any atom is -0.465 e. The van der Waals surface area contributed by atoms with E-state index in [2.05, 4.69) is 20.6 Å². The van der Waals surface area contributed by atoms with Gasteiger partial charge in [-0.1, -0.05) is 36.4 Å². The standard InChI is InChI=1S/C21H20N4O3/c1-28-20(27)16-8-5-9-17(14-16)24-21-23-13-11-18(25-21)19(26)22-12-10-15-6-3-2-4-7-15/h2-9,11,13-14H,10,12H2,1H3,(H,22,26)(H,23,24,25). The number of nitrogens with zero attached hydrogens (tertiary/aromatic N) is 2. The molecule has 7 heteroatoms. The third kappa shape index (κ3) is 5.14. The van der Waals surface area contributed by atoms with Crippen LogP contribution in [0, 0.1) is 0 Å². The average Bonchev–Trinajstić information content (AvgIpc) is 2.74. The molecule has 142 valence electrons. The van der Waals surface area contributed by atoms with E-state index in [1.165, 1.54) is 13.3 Å². The normalized spacial score (nSPS) is 10.2. The monoisotopic (exact) mass is 376 g/mol. The topological polar surface area (TPSA) is 93.2 Å². The lowest BCUT2D eigenvalue weighted by atomic mass is 10.1. The van der Waals surface area contributed by atoms with Gasteiger partial charge in [0.15, 0.2) is 0 Å². The van der Waals surface area contributed by atoms with Gasteiger partial charge in [-0.15, -0.1) is 0 Å². The van der Waals surface area contributed by atoms with Gasteiger partial charge in [0.25, 0.3) is 5.91 Å². The number of carbonyl (C=O) groups is 2. The van der Waals surface area contributed by atoms with Crippen molar-refractivity contribution in [1.29, 1.82) is 0 Å². The minimum absolute atomic E-state index is 0.259. The van der Waals surface area contributed by atoms with E-state index < -0.39 is 5.97 Å². The number of hydrogen-bond acceptors (Lipinski definition) is 6. The molecule has 2 N–H and O–H groups in total. The zero-order valence-corrected chi connectivity index (χ0v) is 15.4. The Bertz CT molecular complexity index is 961. The molecule has 0 aliphatic rings. The molecule has 3 aromatic rings. The fourth-order valence-corrected chi connectivity index (χ4v) is 2.57. The fourth-order valence-electron chi connectivity index (χ4n) is 2.57. The summed E-state index contributed by atoms with van der Waals surface area (Å²) >= 11 is 0. The highest BCUT2D eigenvalue weighted by molar-refractivity contribution is 5.92. The van der Waals surface area contributed by atoms with Gasteiger partial charge >= 0.3 is 5.97 Å². The number of rotatable bonds is 7. The van der Waals surface area contributed by atoms with Crippen LogP contribution in [0.15, 0.2) is 66.9 Å². The molecule has 0 spiro atoms. The van der Waals surface area contributed by atoms with Gasteiger partial charge in [-0.05, 0) is 36.2 Å². The maximum absolute atomic E-state index is 12.3. The molecule has 0 aliphatic heterocycles. The van der Waals surface area contributed by atoms with E-state index >= 15 is 0 Å². The first-order valence-corrected chi connectivity index (χ1v) is 8.76. The van der Waals surface area contributed by atoms with Crippen molar-refractivity contribution in [3.8, 4) is 0 Å². The van der Waals surface area contributed by atoms with Crippen molar-refractivity contribution < 1.29 is 14.3 Å². The number of ether oxygens (including phenoxy) is 1. The van der Waals surface area contributed by atoms with Crippen LogP contribution in [-0.2, 0) is 11.2 Å². The molecule has 7 nitrogen and oxygen atoms in total. The smallest absolute Gasteiger partial charge is 0.337 e. The van der Waals surface area contributed by atoms with E-state index in [0.717, 1.165) is 12.0 Å². The van der Waals surface area contributed by atoms with Crippen LogP contribution in [0.25, 0.3) is 0 Å². The number of benzene rings is 2. The number of esters is 1. The lowest BCUT2D eigenvalue weighted by Gasteiger charge is -2.08. The lowest BCUT2D eigenvalue weighted by molar-refractivity contribution is 0.0600. The first kappa shape index (κ1) is 19.0. The molecule has 2 aromatic carbocycles. The molecule has 0 fully saturated rings. The summed E-state index contributed by atoms with van der Waals surface area (Å²) in [6.07, 6.45) is 2.24. The second-order valence-corrected chi connectivity index (χ2v) is 5.95. The highest BCUT2D eigenvalue weighted by Crippen LogP contribution is 2.15. The molecule has 0 radical (unpaired) electrons. The summed E-state index contributed by atoms with van der Waals surface area (Å²) in [6, 6.07) is 18.2. The largest absolute Gasteiger partial charge is 0.465 e. The molecule has 0 aliphatic carbocycles. The number of hydrogen-bond donors (Lipinski definition) is 2. The average molecular weight is 376 g/mol. The molecule has 0 atom stereocenters. The fraction of sp³-hybridized carbons (Fsp3) is 0.143. The highest BCUT2D eigenvalue weighted by atomic mass is 16.5. The molecule has 1 aromatic heterocycles. The Labute approximate surface area is 162 Å². The van der Waals surface area contributed by atoms with Crippen molar-refractivity contribution >= 4 is 23.5 Å². The maximum Gasteiger partial charge on any atom is 0.337 e. The van der Waals surface area contributed by atoms with Gasteiger partial charge in [0.2, 0.25) is 5.95 Å². The van der Waals surface area contributed by atoms with Crippen molar-refractivity contribution in [3.05, 3.63) is 83.7 Å². The van der Waals surface area contributed by atoms with Crippen LogP contribution in [0.1, 0.15) is 26.4 Å². The number of amides is 1. The number of methoxy groups -OCH3 is 1. The Hall–Kier alpha value is -3.74. The van der Waals surface area contributed by atoms with Gasteiger partial charge < -0.3 is 15.4 Å². The molecule has 28 heavy (non-hydrogen) atoms. The molecular formula is C21H20N4O3. The predicted molar refractivity (Wildman–Crippen MR) is 106 cm³/mol. The van der Waals surface area contributed by atoms with Gasteiger partial charge in [-0.3, -0.25) is 4.79 Å². The lowest BCUT2D eigenvalue weighted by Crippen LogP contribution is -2.26. The van der Waals surface area contributed by atoms with Crippen LogP contribution in [0.5, 0.6) is 0 Å². The minimum atomic E-state index is -0.434. The van der Waals surface area contributed by atoms with Crippen molar-refractivity contribution in [2.24, 2.45) is 0 Å². The van der Waals surface area contributed by atoms with E-state index in [-0.39, 0.29) is 17.5 Å². The van der Waals surface area contributed by atoms with E-state index in [1.807, 2.05) is 30.3 Å². The summed E-state index contributed by atoms with van der Waals surface area (Å²) in [4.78, 5) is 32.3. The van der Waals surface area contributed by atoms with Crippen molar-refractivity contribution in [2.75, 3.05) is 19.0 Å². The number of carbonyl (C=O) groups excluding carboxylic acids is 2. The van der Waals surface area contributed by atoms with Crippen LogP contribution in [0.3, 0.4) is 0 Å². The summed E-state index contributed by atoms with van der Waals surface area (Å²) in [5.41, 5.74) is 2.43. The molecular weight excluding hydrogens is 356 g/mol. The summed E-state index contributed by atoms with van der Waals surface area (Å²) < 4.78 is 4.71. The van der Waals surface area contributed by atoms with Gasteiger partial charge in [-0.2, -0.15) is 0 Å². The van der Waals surface area contributed by atoms with E-state index in [9.17, 15) is 9.59 Å². The quantitative estimate of drug-likeness (QED) is 0.616. The van der Waals surface area contributed by atoms with Gasteiger partial charge in [0.05, 0.1) is 12.7 Å². The Morgan fingerprint density at radius 3 is 2.64 bits per heavy atom. The van der Waals surface area contributed by atoms with Crippen LogP contribution < -0.4 is 10.6 Å². The van der Waals surface area contributed by atoms with E-state index in [4.69, 9.17) is 4.74 Å². The van der Waals surface area contributed by atoms with Crippen molar-refractivity contribution in [3.63, 3.8) is 0 Å². The molecule has 0 bridgehead atoms. The molecule has 0 unspecified atom stereocenters. The van der Waals surface area contributed by atoms with Gasteiger partial charge in [-0.25, -0.2) is 14.8 Å². The second-order valence-electron chi connectivity index (χ2n) is 5.95. The second kappa shape index (κ2) is 9.27. The summed E-state index contributed by atoms with van der Waals surface area (Å²) in [5.74, 6) is -0.446. The zero-order chi connectivity index (χ0) is 19.8. The van der Waals surface area contributed by atoms with E-state index in [1.54, 1.807) is 30.3 Å². The molecule has 3 rings (SSSR count). The van der Waals surface area contributed by atoms with Crippen LogP contribution in [-0.4, -0.2) is 35.5 Å². The highest BCUT2D eigenvalue weighted by Gasteiger charge is 2.10. The van der Waals surface area contributed by atoms with Crippen LogP contribution >= 0.6 is 0 Å². The Kier molecular flexibility index (Phi) is 6.30. The molecule has 1 heterocycles. The summed E-state index contributed by atoms with van der Waals surface area (Å²) in [5, 5.41) is 5.84. The number of anilines is 2. The van der Waals surface area contributed by atoms with E-state index in [0.29, 0.717) is 17.8 Å². The Balaban J connectivity index is 1.62.